The van der Waals surface area contributed by atoms with E-state index < -0.39 is 5.60 Å². The fraction of sp³-hybridized carbons (Fsp3) is 0.625. The summed E-state index contributed by atoms with van der Waals surface area (Å²) in [7, 11) is 1.83. The van der Waals surface area contributed by atoms with E-state index >= 15 is 0 Å². The number of aliphatic hydroxyl groups is 1. The van der Waals surface area contributed by atoms with Gasteiger partial charge in [0.1, 0.15) is 0 Å². The van der Waals surface area contributed by atoms with Crippen molar-refractivity contribution in [3.05, 3.63) is 16.6 Å². The summed E-state index contributed by atoms with van der Waals surface area (Å²) < 4.78 is 0. The third kappa shape index (κ3) is 2.89. The molecule has 0 bridgehead atoms. The average Bonchev–Trinajstić information content (AvgIpc) is 2.38. The molecule has 0 saturated heterocycles. The van der Waals surface area contributed by atoms with Crippen LogP contribution in [-0.4, -0.2) is 29.3 Å². The Bertz CT molecular complexity index is 221. The molecule has 68 valence electrons. The molecule has 12 heavy (non-hydrogen) atoms. The van der Waals surface area contributed by atoms with Crippen LogP contribution in [-0.2, 0) is 6.42 Å². The molecule has 2 N–H and O–H groups in total. The predicted molar refractivity (Wildman–Crippen MR) is 50.4 cm³/mol. The molecular weight excluding hydrogens is 172 g/mol. The highest BCUT2D eigenvalue weighted by molar-refractivity contribution is 7.09. The summed E-state index contributed by atoms with van der Waals surface area (Å²) in [5.41, 5.74) is -0.688. The van der Waals surface area contributed by atoms with Crippen LogP contribution in [0.15, 0.2) is 11.6 Å². The molecule has 0 saturated carbocycles. The van der Waals surface area contributed by atoms with Crippen LogP contribution in [0, 0.1) is 0 Å². The van der Waals surface area contributed by atoms with E-state index in [0.29, 0.717) is 13.0 Å². The van der Waals surface area contributed by atoms with Crippen molar-refractivity contribution >= 4 is 11.3 Å². The largest absolute Gasteiger partial charge is 0.388 e. The van der Waals surface area contributed by atoms with E-state index in [0.717, 1.165) is 5.01 Å². The van der Waals surface area contributed by atoms with Crippen molar-refractivity contribution in [3.8, 4) is 0 Å². The van der Waals surface area contributed by atoms with Gasteiger partial charge in [-0.1, -0.05) is 0 Å². The molecule has 3 nitrogen and oxygen atoms in total. The topological polar surface area (TPSA) is 45.1 Å². The first-order chi connectivity index (χ1) is 5.64. The first-order valence-corrected chi connectivity index (χ1v) is 4.77. The summed E-state index contributed by atoms with van der Waals surface area (Å²) in [5.74, 6) is 0. The van der Waals surface area contributed by atoms with E-state index in [4.69, 9.17) is 0 Å². The van der Waals surface area contributed by atoms with E-state index in [1.807, 2.05) is 19.4 Å². The van der Waals surface area contributed by atoms with Gasteiger partial charge in [-0.05, 0) is 14.0 Å². The summed E-state index contributed by atoms with van der Waals surface area (Å²) in [4.78, 5) is 4.11. The lowest BCUT2D eigenvalue weighted by atomic mass is 10.0. The Morgan fingerprint density at radius 2 is 2.50 bits per heavy atom. The van der Waals surface area contributed by atoms with Crippen molar-refractivity contribution in [3.63, 3.8) is 0 Å². The Kier molecular flexibility index (Phi) is 3.20. The fourth-order valence-electron chi connectivity index (χ4n) is 1.11. The van der Waals surface area contributed by atoms with Crippen molar-refractivity contribution in [1.82, 2.24) is 10.3 Å². The van der Waals surface area contributed by atoms with Gasteiger partial charge in [0.2, 0.25) is 0 Å². The molecule has 0 aliphatic heterocycles. The van der Waals surface area contributed by atoms with E-state index in [9.17, 15) is 5.11 Å². The second kappa shape index (κ2) is 3.98. The van der Waals surface area contributed by atoms with Crippen LogP contribution in [0.5, 0.6) is 0 Å². The van der Waals surface area contributed by atoms with Crippen molar-refractivity contribution in [2.75, 3.05) is 13.6 Å². The summed E-state index contributed by atoms with van der Waals surface area (Å²) in [6.07, 6.45) is 2.38. The van der Waals surface area contributed by atoms with Gasteiger partial charge in [0.15, 0.2) is 0 Å². The molecule has 0 radical (unpaired) electrons. The predicted octanol–water partition coefficient (Wildman–Crippen LogP) is 0.656. The van der Waals surface area contributed by atoms with Gasteiger partial charge in [0, 0.05) is 24.5 Å². The summed E-state index contributed by atoms with van der Waals surface area (Å²) in [6, 6.07) is 0. The molecule has 0 amide bonds. The summed E-state index contributed by atoms with van der Waals surface area (Å²) >= 11 is 1.58. The molecule has 1 aromatic rings. The zero-order valence-electron chi connectivity index (χ0n) is 7.37. The Balaban J connectivity index is 2.50. The van der Waals surface area contributed by atoms with Crippen LogP contribution in [0.2, 0.25) is 0 Å². The van der Waals surface area contributed by atoms with Gasteiger partial charge in [-0.3, -0.25) is 0 Å². The third-order valence-corrected chi connectivity index (χ3v) is 2.35. The summed E-state index contributed by atoms with van der Waals surface area (Å²) in [5, 5.41) is 15.6. The number of thiazole rings is 1. The Labute approximate surface area is 76.5 Å². The quantitative estimate of drug-likeness (QED) is 0.726. The summed E-state index contributed by atoms with van der Waals surface area (Å²) in [6.45, 7) is 2.40. The van der Waals surface area contributed by atoms with Crippen LogP contribution in [0.1, 0.15) is 11.9 Å². The van der Waals surface area contributed by atoms with Gasteiger partial charge in [-0.15, -0.1) is 11.3 Å². The molecule has 1 aromatic heterocycles. The van der Waals surface area contributed by atoms with Crippen molar-refractivity contribution < 1.29 is 5.11 Å². The first kappa shape index (κ1) is 9.64. The van der Waals surface area contributed by atoms with Crippen molar-refractivity contribution in [2.24, 2.45) is 0 Å². The van der Waals surface area contributed by atoms with Crippen LogP contribution in [0.3, 0.4) is 0 Å². The zero-order valence-corrected chi connectivity index (χ0v) is 8.19. The third-order valence-electron chi connectivity index (χ3n) is 1.57. The van der Waals surface area contributed by atoms with Gasteiger partial charge < -0.3 is 10.4 Å². The molecule has 0 aliphatic carbocycles. The Morgan fingerprint density at radius 3 is 3.00 bits per heavy atom. The monoisotopic (exact) mass is 186 g/mol. The minimum Gasteiger partial charge on any atom is -0.388 e. The van der Waals surface area contributed by atoms with Crippen LogP contribution >= 0.6 is 11.3 Å². The zero-order chi connectivity index (χ0) is 9.03. The normalized spacial score (nSPS) is 15.9. The van der Waals surface area contributed by atoms with Gasteiger partial charge in [-0.25, -0.2) is 4.98 Å². The minimum atomic E-state index is -0.688. The molecule has 1 unspecified atom stereocenters. The highest BCUT2D eigenvalue weighted by Crippen LogP contribution is 2.13. The minimum absolute atomic E-state index is 0.590. The molecule has 0 aromatic carbocycles. The molecule has 0 fully saturated rings. The molecule has 4 heteroatoms. The number of likely N-dealkylation sites (N-methyl/N-ethyl adjacent to an activating group) is 1. The van der Waals surface area contributed by atoms with Gasteiger partial charge in [0.05, 0.1) is 10.6 Å². The highest BCUT2D eigenvalue weighted by Gasteiger charge is 2.20. The second-order valence-corrected chi connectivity index (χ2v) is 4.11. The maximum atomic E-state index is 9.79. The van der Waals surface area contributed by atoms with Gasteiger partial charge in [-0.2, -0.15) is 0 Å². The molecular formula is C8H14N2OS. The Hall–Kier alpha value is -0.450. The van der Waals surface area contributed by atoms with Crippen LogP contribution in [0.4, 0.5) is 0 Å². The fourth-order valence-corrected chi connectivity index (χ4v) is 1.90. The molecule has 0 spiro atoms. The number of nitrogens with one attached hydrogen (secondary N) is 1. The van der Waals surface area contributed by atoms with Crippen molar-refractivity contribution in [2.45, 2.75) is 18.9 Å². The number of rotatable bonds is 4. The van der Waals surface area contributed by atoms with Gasteiger partial charge >= 0.3 is 0 Å². The average molecular weight is 186 g/mol. The van der Waals surface area contributed by atoms with Gasteiger partial charge in [0.25, 0.3) is 0 Å². The SMILES string of the molecule is CNCC(C)(O)Cc1nccs1. The van der Waals surface area contributed by atoms with E-state index in [2.05, 4.69) is 10.3 Å². The number of hydrogen-bond acceptors (Lipinski definition) is 4. The van der Waals surface area contributed by atoms with E-state index in [1.54, 1.807) is 17.5 Å². The van der Waals surface area contributed by atoms with E-state index in [-0.39, 0.29) is 0 Å². The van der Waals surface area contributed by atoms with Crippen LogP contribution < -0.4 is 5.32 Å². The lowest BCUT2D eigenvalue weighted by molar-refractivity contribution is 0.0622. The molecule has 0 aliphatic rings. The lowest BCUT2D eigenvalue weighted by Crippen LogP contribution is -2.38. The molecule has 1 heterocycles. The first-order valence-electron chi connectivity index (χ1n) is 3.89. The number of aromatic nitrogens is 1. The second-order valence-electron chi connectivity index (χ2n) is 3.13. The highest BCUT2D eigenvalue weighted by atomic mass is 32.1. The lowest BCUT2D eigenvalue weighted by Gasteiger charge is -2.21. The standard InChI is InChI=1S/C8H14N2OS/c1-8(11,6-9-2)5-7-10-3-4-12-7/h3-4,9,11H,5-6H2,1-2H3. The molecule has 1 atom stereocenters. The maximum absolute atomic E-state index is 9.79. The molecule has 1 rings (SSSR count). The van der Waals surface area contributed by atoms with Crippen LogP contribution in [0.25, 0.3) is 0 Å². The maximum Gasteiger partial charge on any atom is 0.0953 e. The smallest absolute Gasteiger partial charge is 0.0953 e. The number of hydrogen-bond donors (Lipinski definition) is 2. The van der Waals surface area contributed by atoms with Crippen molar-refractivity contribution in [1.29, 1.82) is 0 Å². The Morgan fingerprint density at radius 1 is 1.75 bits per heavy atom. The number of nitrogens with zero attached hydrogens (tertiary/aromatic N) is 1. The van der Waals surface area contributed by atoms with E-state index in [1.165, 1.54) is 0 Å².